The van der Waals surface area contributed by atoms with Crippen molar-refractivity contribution in [1.82, 2.24) is 0 Å². The van der Waals surface area contributed by atoms with Crippen LogP contribution in [0, 0.1) is 11.3 Å². The van der Waals surface area contributed by atoms with Crippen molar-refractivity contribution in [2.75, 3.05) is 0 Å². The van der Waals surface area contributed by atoms with Gasteiger partial charge in [-0.1, -0.05) is 23.9 Å². The smallest absolute Gasteiger partial charge is 0.343 e. The van der Waals surface area contributed by atoms with Crippen molar-refractivity contribution in [3.63, 3.8) is 0 Å². The molecule has 0 N–H and O–H groups in total. The zero-order chi connectivity index (χ0) is 13.7. The van der Waals surface area contributed by atoms with Crippen LogP contribution in [-0.4, -0.2) is 15.5 Å². The normalized spacial score (nSPS) is 10.3. The molecule has 0 aliphatic carbocycles. The van der Waals surface area contributed by atoms with Crippen LogP contribution in [0.2, 0.25) is 6.55 Å². The Labute approximate surface area is 114 Å². The molecule has 2 rings (SSSR count). The summed E-state index contributed by atoms with van der Waals surface area (Å²) in [7, 11) is -0.196. The summed E-state index contributed by atoms with van der Waals surface area (Å²) < 4.78 is 5.24. The number of ether oxygens (including phenoxy) is 1. The van der Waals surface area contributed by atoms with Gasteiger partial charge in [0.15, 0.2) is 0 Å². The quantitative estimate of drug-likeness (QED) is 0.482. The molecule has 0 heterocycles. The van der Waals surface area contributed by atoms with Gasteiger partial charge in [0, 0.05) is 0 Å². The number of hydrogen-bond donors (Lipinski definition) is 0. The van der Waals surface area contributed by atoms with Crippen LogP contribution in [0.3, 0.4) is 0 Å². The van der Waals surface area contributed by atoms with Gasteiger partial charge in [0.05, 0.1) is 26.7 Å². The van der Waals surface area contributed by atoms with Gasteiger partial charge in [0.1, 0.15) is 5.75 Å². The van der Waals surface area contributed by atoms with Crippen LogP contribution in [0.4, 0.5) is 0 Å². The van der Waals surface area contributed by atoms with Gasteiger partial charge in [-0.3, -0.25) is 0 Å². The molecule has 0 saturated heterocycles. The molecule has 0 radical (unpaired) electrons. The van der Waals surface area contributed by atoms with Crippen LogP contribution in [0.5, 0.6) is 5.75 Å². The molecule has 4 heteroatoms. The van der Waals surface area contributed by atoms with Crippen molar-refractivity contribution < 1.29 is 9.53 Å². The first-order valence-electron chi connectivity index (χ1n) is 6.04. The minimum absolute atomic E-state index is 0.196. The van der Waals surface area contributed by atoms with E-state index in [0.29, 0.717) is 16.9 Å². The van der Waals surface area contributed by atoms with Crippen LogP contribution >= 0.6 is 0 Å². The third-order valence-electron chi connectivity index (χ3n) is 2.79. The van der Waals surface area contributed by atoms with Crippen LogP contribution in [-0.2, 0) is 0 Å². The molecule has 0 saturated carbocycles. The maximum atomic E-state index is 11.9. The Morgan fingerprint density at radius 1 is 1.11 bits per heavy atom. The summed E-state index contributed by atoms with van der Waals surface area (Å²) >= 11 is 0. The molecular weight excluding hydrogens is 254 g/mol. The van der Waals surface area contributed by atoms with Gasteiger partial charge in [-0.15, -0.1) is 0 Å². The van der Waals surface area contributed by atoms with Gasteiger partial charge in [0.25, 0.3) is 0 Å². The van der Waals surface area contributed by atoms with E-state index in [9.17, 15) is 4.79 Å². The summed E-state index contributed by atoms with van der Waals surface area (Å²) in [6, 6.07) is 16.0. The first-order valence-corrected chi connectivity index (χ1v) is 8.16. The number of hydrogen-bond acceptors (Lipinski definition) is 3. The second kappa shape index (κ2) is 5.98. The number of carbonyl (C=O) groups excluding carboxylic acids is 1. The van der Waals surface area contributed by atoms with Crippen molar-refractivity contribution in [2.45, 2.75) is 6.55 Å². The highest BCUT2D eigenvalue weighted by Gasteiger charge is 2.08. The fourth-order valence-corrected chi connectivity index (χ4v) is 2.35. The molecule has 2 aromatic rings. The SMILES string of the molecule is C[SiH2]c1ccc(C(=O)Oc2ccc(C#N)cc2)cc1. The average molecular weight is 267 g/mol. The van der Waals surface area contributed by atoms with Crippen LogP contribution in [0.15, 0.2) is 48.5 Å². The summed E-state index contributed by atoms with van der Waals surface area (Å²) in [6.45, 7) is 2.20. The van der Waals surface area contributed by atoms with Crippen molar-refractivity contribution in [1.29, 1.82) is 5.26 Å². The van der Waals surface area contributed by atoms with Gasteiger partial charge < -0.3 is 4.74 Å². The number of benzene rings is 2. The van der Waals surface area contributed by atoms with Crippen molar-refractivity contribution >= 4 is 20.7 Å². The lowest BCUT2D eigenvalue weighted by Gasteiger charge is -2.04. The second-order valence-electron chi connectivity index (χ2n) is 4.08. The maximum Gasteiger partial charge on any atom is 0.343 e. The highest BCUT2D eigenvalue weighted by molar-refractivity contribution is 6.51. The molecule has 0 aliphatic rings. The monoisotopic (exact) mass is 267 g/mol. The van der Waals surface area contributed by atoms with Gasteiger partial charge in [-0.25, -0.2) is 4.79 Å². The van der Waals surface area contributed by atoms with Gasteiger partial charge in [0.2, 0.25) is 0 Å². The summed E-state index contributed by atoms with van der Waals surface area (Å²) in [6.07, 6.45) is 0. The second-order valence-corrected chi connectivity index (χ2v) is 5.60. The molecule has 0 atom stereocenters. The Morgan fingerprint density at radius 2 is 1.74 bits per heavy atom. The zero-order valence-electron chi connectivity index (χ0n) is 10.6. The average Bonchev–Trinajstić information content (AvgIpc) is 2.48. The molecule has 0 spiro atoms. The molecule has 94 valence electrons. The maximum absolute atomic E-state index is 11.9. The summed E-state index contributed by atoms with van der Waals surface area (Å²) in [5, 5.41) is 10.00. The summed E-state index contributed by atoms with van der Waals surface area (Å²) in [5.74, 6) is 0.0620. The Balaban J connectivity index is 2.09. The van der Waals surface area contributed by atoms with Crippen LogP contribution in [0.1, 0.15) is 15.9 Å². The molecule has 0 unspecified atom stereocenters. The van der Waals surface area contributed by atoms with E-state index < -0.39 is 0 Å². The van der Waals surface area contributed by atoms with E-state index >= 15 is 0 Å². The van der Waals surface area contributed by atoms with Crippen LogP contribution in [0.25, 0.3) is 0 Å². The largest absolute Gasteiger partial charge is 0.423 e. The lowest BCUT2D eigenvalue weighted by molar-refractivity contribution is 0.0735. The minimum atomic E-state index is -0.381. The van der Waals surface area contributed by atoms with E-state index in [1.807, 2.05) is 18.2 Å². The first-order chi connectivity index (χ1) is 9.22. The summed E-state index contributed by atoms with van der Waals surface area (Å²) in [4.78, 5) is 11.9. The standard InChI is InChI=1S/C15H13NO2Si/c1-19-14-8-4-12(5-9-14)15(17)18-13-6-2-11(10-16)3-7-13/h2-9H,19H2,1H3. The van der Waals surface area contributed by atoms with E-state index in [2.05, 4.69) is 6.55 Å². The Kier molecular flexibility index (Phi) is 4.11. The Bertz CT molecular complexity index is 612. The van der Waals surface area contributed by atoms with E-state index in [1.165, 1.54) is 5.19 Å². The molecule has 2 aromatic carbocycles. The molecular formula is C15H13NO2Si. The summed E-state index contributed by atoms with van der Waals surface area (Å²) in [5.41, 5.74) is 1.08. The van der Waals surface area contributed by atoms with Crippen LogP contribution < -0.4 is 9.92 Å². The fourth-order valence-electron chi connectivity index (χ4n) is 1.64. The number of nitrogens with zero attached hydrogens (tertiary/aromatic N) is 1. The van der Waals surface area contributed by atoms with E-state index in [0.717, 1.165) is 0 Å². The predicted octanol–water partition coefficient (Wildman–Crippen LogP) is 1.62. The first kappa shape index (κ1) is 13.1. The molecule has 0 aromatic heterocycles. The molecule has 0 bridgehead atoms. The molecule has 3 nitrogen and oxygen atoms in total. The number of rotatable bonds is 3. The van der Waals surface area contributed by atoms with E-state index in [-0.39, 0.29) is 15.5 Å². The molecule has 0 fully saturated rings. The van der Waals surface area contributed by atoms with Gasteiger partial charge in [-0.05, 0) is 36.4 Å². The van der Waals surface area contributed by atoms with Gasteiger partial charge >= 0.3 is 5.97 Å². The zero-order valence-corrected chi connectivity index (χ0v) is 12.0. The van der Waals surface area contributed by atoms with Crippen molar-refractivity contribution in [2.24, 2.45) is 0 Å². The third kappa shape index (κ3) is 3.30. The Morgan fingerprint density at radius 3 is 2.26 bits per heavy atom. The lowest BCUT2D eigenvalue weighted by atomic mass is 10.2. The molecule has 0 aliphatic heterocycles. The van der Waals surface area contributed by atoms with Gasteiger partial charge in [-0.2, -0.15) is 5.26 Å². The topological polar surface area (TPSA) is 50.1 Å². The van der Waals surface area contributed by atoms with Crippen molar-refractivity contribution in [3.8, 4) is 11.8 Å². The van der Waals surface area contributed by atoms with E-state index in [4.69, 9.17) is 10.00 Å². The number of esters is 1. The number of nitriles is 1. The lowest BCUT2D eigenvalue weighted by Crippen LogP contribution is -2.13. The van der Waals surface area contributed by atoms with Crippen molar-refractivity contribution in [3.05, 3.63) is 59.7 Å². The molecule has 0 amide bonds. The fraction of sp³-hybridized carbons (Fsp3) is 0.0667. The highest BCUT2D eigenvalue weighted by atomic mass is 28.2. The highest BCUT2D eigenvalue weighted by Crippen LogP contribution is 2.13. The number of carbonyl (C=O) groups is 1. The predicted molar refractivity (Wildman–Crippen MR) is 76.6 cm³/mol. The van der Waals surface area contributed by atoms with E-state index in [1.54, 1.807) is 36.4 Å². The third-order valence-corrected chi connectivity index (χ3v) is 4.08. The molecule has 19 heavy (non-hydrogen) atoms. The minimum Gasteiger partial charge on any atom is -0.423 e. The Hall–Kier alpha value is -2.38.